The summed E-state index contributed by atoms with van der Waals surface area (Å²) in [4.78, 5) is 2.16. The number of nitrogens with zero attached hydrogens (tertiary/aromatic N) is 1. The fraction of sp³-hybridized carbons (Fsp3) is 0.500. The Hall–Kier alpha value is -1.48. The van der Waals surface area contributed by atoms with Crippen LogP contribution >= 0.6 is 0 Å². The van der Waals surface area contributed by atoms with Crippen molar-refractivity contribution in [2.45, 2.75) is 32.7 Å². The standard InChI is InChI=1S/C16H26N2O/c1-5-7-8-11-18(4)14-9-10-15(16(19)12-14)13(3)17-6-2/h5,9-10,12-13,17,19H,1,6-8,11H2,2-4H3. The monoisotopic (exact) mass is 262 g/mol. The second kappa shape index (κ2) is 7.85. The number of anilines is 1. The SMILES string of the molecule is C=CCCCN(C)c1ccc(C(C)NCC)c(O)c1. The number of hydrogen-bond acceptors (Lipinski definition) is 3. The molecule has 1 aromatic carbocycles. The second-order valence-corrected chi connectivity index (χ2v) is 4.87. The molecule has 0 heterocycles. The molecule has 3 heteroatoms. The molecule has 19 heavy (non-hydrogen) atoms. The van der Waals surface area contributed by atoms with Gasteiger partial charge in [0.25, 0.3) is 0 Å². The molecule has 0 aliphatic heterocycles. The topological polar surface area (TPSA) is 35.5 Å². The summed E-state index contributed by atoms with van der Waals surface area (Å²) in [5, 5.41) is 13.4. The Bertz CT molecular complexity index is 404. The van der Waals surface area contributed by atoms with E-state index in [4.69, 9.17) is 0 Å². The van der Waals surface area contributed by atoms with E-state index in [1.807, 2.05) is 25.3 Å². The summed E-state index contributed by atoms with van der Waals surface area (Å²) in [5.41, 5.74) is 2.00. The molecule has 0 saturated heterocycles. The molecular weight excluding hydrogens is 236 g/mol. The van der Waals surface area contributed by atoms with Gasteiger partial charge in [0.15, 0.2) is 0 Å². The van der Waals surface area contributed by atoms with Crippen molar-refractivity contribution in [3.63, 3.8) is 0 Å². The van der Waals surface area contributed by atoms with Gasteiger partial charge in [-0.05, 0) is 32.4 Å². The maximum Gasteiger partial charge on any atom is 0.122 e. The van der Waals surface area contributed by atoms with Crippen molar-refractivity contribution in [2.24, 2.45) is 0 Å². The van der Waals surface area contributed by atoms with Gasteiger partial charge in [-0.3, -0.25) is 0 Å². The van der Waals surface area contributed by atoms with Crippen molar-refractivity contribution in [1.29, 1.82) is 0 Å². The number of aromatic hydroxyl groups is 1. The van der Waals surface area contributed by atoms with Crippen molar-refractivity contribution in [1.82, 2.24) is 5.32 Å². The van der Waals surface area contributed by atoms with Crippen molar-refractivity contribution >= 4 is 5.69 Å². The van der Waals surface area contributed by atoms with Gasteiger partial charge in [-0.2, -0.15) is 0 Å². The zero-order valence-electron chi connectivity index (χ0n) is 12.3. The quantitative estimate of drug-likeness (QED) is 0.556. The van der Waals surface area contributed by atoms with Gasteiger partial charge in [0.2, 0.25) is 0 Å². The number of phenolic OH excluding ortho intramolecular Hbond substituents is 1. The molecule has 0 bridgehead atoms. The highest BCUT2D eigenvalue weighted by molar-refractivity contribution is 5.53. The van der Waals surface area contributed by atoms with E-state index in [-0.39, 0.29) is 6.04 Å². The number of hydrogen-bond donors (Lipinski definition) is 2. The van der Waals surface area contributed by atoms with Gasteiger partial charge in [0.1, 0.15) is 5.75 Å². The Morgan fingerprint density at radius 3 is 2.79 bits per heavy atom. The number of rotatable bonds is 8. The third-order valence-corrected chi connectivity index (χ3v) is 3.33. The summed E-state index contributed by atoms with van der Waals surface area (Å²) in [5.74, 6) is 0.363. The predicted molar refractivity (Wildman–Crippen MR) is 82.9 cm³/mol. The molecule has 0 saturated carbocycles. The smallest absolute Gasteiger partial charge is 0.122 e. The normalized spacial score (nSPS) is 12.2. The summed E-state index contributed by atoms with van der Waals surface area (Å²) < 4.78 is 0. The van der Waals surface area contributed by atoms with E-state index >= 15 is 0 Å². The fourth-order valence-electron chi connectivity index (χ4n) is 2.15. The predicted octanol–water partition coefficient (Wildman–Crippen LogP) is 3.47. The van der Waals surface area contributed by atoms with E-state index < -0.39 is 0 Å². The molecule has 3 nitrogen and oxygen atoms in total. The fourth-order valence-corrected chi connectivity index (χ4v) is 2.15. The minimum absolute atomic E-state index is 0.171. The van der Waals surface area contributed by atoms with Crippen molar-refractivity contribution in [3.8, 4) is 5.75 Å². The largest absolute Gasteiger partial charge is 0.508 e. The van der Waals surface area contributed by atoms with Crippen LogP contribution in [0.3, 0.4) is 0 Å². The summed E-state index contributed by atoms with van der Waals surface area (Å²) in [7, 11) is 2.05. The van der Waals surface area contributed by atoms with E-state index in [0.29, 0.717) is 5.75 Å². The van der Waals surface area contributed by atoms with Gasteiger partial charge in [-0.15, -0.1) is 6.58 Å². The molecule has 2 N–H and O–H groups in total. The molecule has 0 spiro atoms. The van der Waals surface area contributed by atoms with Crippen LogP contribution in [0.2, 0.25) is 0 Å². The number of unbranched alkanes of at least 4 members (excludes halogenated alkanes) is 1. The van der Waals surface area contributed by atoms with Crippen LogP contribution in [0.5, 0.6) is 5.75 Å². The first-order valence-electron chi connectivity index (χ1n) is 6.98. The first-order valence-corrected chi connectivity index (χ1v) is 6.98. The molecule has 0 amide bonds. The lowest BCUT2D eigenvalue weighted by Crippen LogP contribution is -2.20. The highest BCUT2D eigenvalue weighted by Crippen LogP contribution is 2.28. The number of allylic oxidation sites excluding steroid dienone is 1. The average Bonchev–Trinajstić information content (AvgIpc) is 2.39. The van der Waals surface area contributed by atoms with Gasteiger partial charge in [-0.1, -0.05) is 19.1 Å². The molecule has 0 aliphatic rings. The number of phenols is 1. The molecule has 0 radical (unpaired) electrons. The highest BCUT2D eigenvalue weighted by atomic mass is 16.3. The summed E-state index contributed by atoms with van der Waals surface area (Å²) in [6.07, 6.45) is 4.04. The Balaban J connectivity index is 2.72. The van der Waals surface area contributed by atoms with Crippen LogP contribution < -0.4 is 10.2 Å². The minimum atomic E-state index is 0.171. The van der Waals surface area contributed by atoms with Gasteiger partial charge in [0.05, 0.1) is 0 Å². The maximum atomic E-state index is 10.1. The number of nitrogens with one attached hydrogen (secondary N) is 1. The van der Waals surface area contributed by atoms with Crippen LogP contribution in [0.25, 0.3) is 0 Å². The molecule has 1 aromatic rings. The molecule has 0 aromatic heterocycles. The third kappa shape index (κ3) is 4.60. The van der Waals surface area contributed by atoms with Crippen LogP contribution in [0.15, 0.2) is 30.9 Å². The average molecular weight is 262 g/mol. The molecule has 1 atom stereocenters. The van der Waals surface area contributed by atoms with Crippen molar-refractivity contribution in [2.75, 3.05) is 25.0 Å². The summed E-state index contributed by atoms with van der Waals surface area (Å²) >= 11 is 0. The summed E-state index contributed by atoms with van der Waals surface area (Å²) in [6, 6.07) is 6.08. The first-order chi connectivity index (χ1) is 9.10. The van der Waals surface area contributed by atoms with Gasteiger partial charge < -0.3 is 15.3 Å². The van der Waals surface area contributed by atoms with Gasteiger partial charge in [-0.25, -0.2) is 0 Å². The Morgan fingerprint density at radius 1 is 1.47 bits per heavy atom. The minimum Gasteiger partial charge on any atom is -0.508 e. The molecule has 1 unspecified atom stereocenters. The van der Waals surface area contributed by atoms with Crippen LogP contribution in [0.4, 0.5) is 5.69 Å². The zero-order chi connectivity index (χ0) is 14.3. The lowest BCUT2D eigenvalue weighted by Gasteiger charge is -2.21. The third-order valence-electron chi connectivity index (χ3n) is 3.33. The van der Waals surface area contributed by atoms with E-state index in [9.17, 15) is 5.11 Å². The van der Waals surface area contributed by atoms with Crippen molar-refractivity contribution < 1.29 is 5.11 Å². The van der Waals surface area contributed by atoms with Crippen LogP contribution in [0.1, 0.15) is 38.3 Å². The van der Waals surface area contributed by atoms with E-state index in [1.165, 1.54) is 0 Å². The molecule has 1 rings (SSSR count). The molecular formula is C16H26N2O. The molecule has 0 fully saturated rings. The van der Waals surface area contributed by atoms with Gasteiger partial charge >= 0.3 is 0 Å². The van der Waals surface area contributed by atoms with Crippen LogP contribution in [0, 0.1) is 0 Å². The number of benzene rings is 1. The molecule has 0 aliphatic carbocycles. The zero-order valence-corrected chi connectivity index (χ0v) is 12.3. The summed E-state index contributed by atoms with van der Waals surface area (Å²) in [6.45, 7) is 9.71. The lowest BCUT2D eigenvalue weighted by atomic mass is 10.1. The maximum absolute atomic E-state index is 10.1. The van der Waals surface area contributed by atoms with E-state index in [1.54, 1.807) is 0 Å². The van der Waals surface area contributed by atoms with Gasteiger partial charge in [0, 0.05) is 37.0 Å². The van der Waals surface area contributed by atoms with E-state index in [0.717, 1.165) is 37.2 Å². The lowest BCUT2D eigenvalue weighted by molar-refractivity contribution is 0.454. The first kappa shape index (κ1) is 15.6. The van der Waals surface area contributed by atoms with E-state index in [2.05, 4.69) is 36.7 Å². The Kier molecular flexibility index (Phi) is 6.43. The Labute approximate surface area is 116 Å². The van der Waals surface area contributed by atoms with Crippen LogP contribution in [-0.2, 0) is 0 Å². The van der Waals surface area contributed by atoms with Crippen LogP contribution in [-0.4, -0.2) is 25.2 Å². The van der Waals surface area contributed by atoms with Crippen molar-refractivity contribution in [3.05, 3.63) is 36.4 Å². The second-order valence-electron chi connectivity index (χ2n) is 4.87. The molecule has 106 valence electrons. The highest BCUT2D eigenvalue weighted by Gasteiger charge is 2.11. The Morgan fingerprint density at radius 2 is 2.21 bits per heavy atom.